The van der Waals surface area contributed by atoms with E-state index in [0.717, 1.165) is 30.6 Å². The maximum atomic E-state index is 12.8. The molecule has 0 aliphatic heterocycles. The van der Waals surface area contributed by atoms with Gasteiger partial charge in [-0.3, -0.25) is 9.59 Å². The minimum atomic E-state index is -0.590. The van der Waals surface area contributed by atoms with Gasteiger partial charge in [-0.2, -0.15) is 0 Å². The molecule has 2 aromatic carbocycles. The number of nitrogens with zero attached hydrogens (tertiary/aromatic N) is 1. The topological polar surface area (TPSA) is 61.4 Å². The summed E-state index contributed by atoms with van der Waals surface area (Å²) in [6.07, 6.45) is 2.51. The lowest BCUT2D eigenvalue weighted by atomic mass is 10.0. The van der Waals surface area contributed by atoms with Gasteiger partial charge in [0.05, 0.1) is 0 Å². The molecule has 29 heavy (non-hydrogen) atoms. The number of carbonyl (C=O) groups excluding carboxylic acids is 2. The van der Waals surface area contributed by atoms with Gasteiger partial charge in [-0.05, 0) is 63.4 Å². The predicted molar refractivity (Wildman–Crippen MR) is 117 cm³/mol. The van der Waals surface area contributed by atoms with Crippen molar-refractivity contribution in [1.29, 1.82) is 0 Å². The Bertz CT molecular complexity index is 814. The van der Waals surface area contributed by atoms with Crippen LogP contribution in [0, 0.1) is 0 Å². The van der Waals surface area contributed by atoms with Crippen molar-refractivity contribution in [2.75, 3.05) is 11.4 Å². The molecule has 154 valence electrons. The minimum absolute atomic E-state index is 0.113. The summed E-state index contributed by atoms with van der Waals surface area (Å²) >= 11 is 0. The number of hydrogen-bond donors (Lipinski definition) is 2. The molecule has 0 saturated heterocycles. The summed E-state index contributed by atoms with van der Waals surface area (Å²) in [5.41, 5.74) is 2.67. The fourth-order valence-corrected chi connectivity index (χ4v) is 3.48. The van der Waals surface area contributed by atoms with Crippen LogP contribution in [-0.4, -0.2) is 36.5 Å². The van der Waals surface area contributed by atoms with E-state index >= 15 is 0 Å². The van der Waals surface area contributed by atoms with E-state index in [1.165, 1.54) is 0 Å². The second-order valence-electron chi connectivity index (χ2n) is 7.93. The summed E-state index contributed by atoms with van der Waals surface area (Å²) in [7, 11) is 0. The third kappa shape index (κ3) is 5.83. The van der Waals surface area contributed by atoms with E-state index in [1.807, 2.05) is 54.6 Å². The fourth-order valence-electron chi connectivity index (χ4n) is 3.48. The van der Waals surface area contributed by atoms with Gasteiger partial charge in [0.15, 0.2) is 0 Å². The molecule has 5 heteroatoms. The van der Waals surface area contributed by atoms with Gasteiger partial charge in [0.1, 0.15) is 6.04 Å². The summed E-state index contributed by atoms with van der Waals surface area (Å²) in [5.74, 6) is -0.339. The predicted octanol–water partition coefficient (Wildman–Crippen LogP) is 3.54. The van der Waals surface area contributed by atoms with Crippen LogP contribution in [0.1, 0.15) is 49.5 Å². The van der Waals surface area contributed by atoms with Crippen molar-refractivity contribution in [2.45, 2.75) is 58.2 Å². The monoisotopic (exact) mass is 393 g/mol. The standard InChI is InChI=1S/C24H31N3O2/c1-4-27(17(2)3)21-14-10-19(11-15-21)23(28)26-22(24(29)25-20-12-13-20)16-18-8-6-5-7-9-18/h5-11,14-15,17,20,22H,4,12-13,16H2,1-3H3,(H,25,29)(H,26,28). The fraction of sp³-hybridized carbons (Fsp3) is 0.417. The highest BCUT2D eigenvalue weighted by Crippen LogP contribution is 2.20. The summed E-state index contributed by atoms with van der Waals surface area (Å²) in [6, 6.07) is 17.4. The number of rotatable bonds is 9. The lowest BCUT2D eigenvalue weighted by Crippen LogP contribution is -2.48. The number of amides is 2. The number of anilines is 1. The van der Waals surface area contributed by atoms with E-state index in [9.17, 15) is 9.59 Å². The first-order valence-corrected chi connectivity index (χ1v) is 10.5. The van der Waals surface area contributed by atoms with Crippen LogP contribution in [0.5, 0.6) is 0 Å². The Morgan fingerprint density at radius 1 is 1.03 bits per heavy atom. The van der Waals surface area contributed by atoms with Gasteiger partial charge in [0.25, 0.3) is 5.91 Å². The van der Waals surface area contributed by atoms with Gasteiger partial charge in [0, 0.05) is 36.3 Å². The molecule has 2 N–H and O–H groups in total. The SMILES string of the molecule is CCN(c1ccc(C(=O)NC(Cc2ccccc2)C(=O)NC2CC2)cc1)C(C)C. The van der Waals surface area contributed by atoms with Crippen molar-refractivity contribution in [1.82, 2.24) is 10.6 Å². The molecule has 0 aromatic heterocycles. The van der Waals surface area contributed by atoms with Crippen LogP contribution in [0.25, 0.3) is 0 Å². The van der Waals surface area contributed by atoms with Crippen LogP contribution in [0.15, 0.2) is 54.6 Å². The molecule has 2 aromatic rings. The van der Waals surface area contributed by atoms with E-state index in [1.54, 1.807) is 0 Å². The van der Waals surface area contributed by atoms with Gasteiger partial charge in [0.2, 0.25) is 5.91 Å². The molecule has 3 rings (SSSR count). The molecule has 1 aliphatic rings. The van der Waals surface area contributed by atoms with Crippen molar-refractivity contribution in [3.05, 3.63) is 65.7 Å². The third-order valence-corrected chi connectivity index (χ3v) is 5.25. The van der Waals surface area contributed by atoms with Gasteiger partial charge >= 0.3 is 0 Å². The maximum absolute atomic E-state index is 12.8. The van der Waals surface area contributed by atoms with Crippen LogP contribution in [0.4, 0.5) is 5.69 Å². The van der Waals surface area contributed by atoms with Crippen LogP contribution in [-0.2, 0) is 11.2 Å². The molecule has 0 radical (unpaired) electrons. The van der Waals surface area contributed by atoms with Gasteiger partial charge in [-0.1, -0.05) is 30.3 Å². The Hall–Kier alpha value is -2.82. The van der Waals surface area contributed by atoms with Crippen LogP contribution in [0.3, 0.4) is 0 Å². The summed E-state index contributed by atoms with van der Waals surface area (Å²) in [5, 5.41) is 5.95. The zero-order valence-corrected chi connectivity index (χ0v) is 17.5. The number of hydrogen-bond acceptors (Lipinski definition) is 3. The smallest absolute Gasteiger partial charge is 0.251 e. The van der Waals surface area contributed by atoms with Crippen LogP contribution >= 0.6 is 0 Å². The van der Waals surface area contributed by atoms with Gasteiger partial charge in [-0.25, -0.2) is 0 Å². The quantitative estimate of drug-likeness (QED) is 0.685. The molecule has 2 amide bonds. The molecule has 1 saturated carbocycles. The van der Waals surface area contributed by atoms with Crippen molar-refractivity contribution in [3.8, 4) is 0 Å². The van der Waals surface area contributed by atoms with Gasteiger partial charge < -0.3 is 15.5 Å². The first-order valence-electron chi connectivity index (χ1n) is 10.5. The molecule has 0 spiro atoms. The molecule has 0 bridgehead atoms. The molecule has 1 atom stereocenters. The molecule has 1 fully saturated rings. The largest absolute Gasteiger partial charge is 0.369 e. The normalized spacial score (nSPS) is 14.3. The van der Waals surface area contributed by atoms with E-state index in [4.69, 9.17) is 0 Å². The molecule has 5 nitrogen and oxygen atoms in total. The van der Waals surface area contributed by atoms with Crippen molar-refractivity contribution in [2.24, 2.45) is 0 Å². The summed E-state index contributed by atoms with van der Waals surface area (Å²) < 4.78 is 0. The Labute approximate surface area is 173 Å². The van der Waals surface area contributed by atoms with E-state index in [0.29, 0.717) is 18.0 Å². The third-order valence-electron chi connectivity index (χ3n) is 5.25. The second-order valence-corrected chi connectivity index (χ2v) is 7.93. The minimum Gasteiger partial charge on any atom is -0.369 e. The molecule has 0 heterocycles. The zero-order valence-electron chi connectivity index (χ0n) is 17.5. The first kappa shape index (κ1) is 20.9. The average molecular weight is 394 g/mol. The Kier molecular flexibility index (Phi) is 6.91. The average Bonchev–Trinajstić information content (AvgIpc) is 3.53. The second kappa shape index (κ2) is 9.59. The van der Waals surface area contributed by atoms with Crippen molar-refractivity contribution in [3.63, 3.8) is 0 Å². The molecular weight excluding hydrogens is 362 g/mol. The first-order chi connectivity index (χ1) is 14.0. The highest BCUT2D eigenvalue weighted by molar-refractivity contribution is 5.98. The molecular formula is C24H31N3O2. The van der Waals surface area contributed by atoms with Gasteiger partial charge in [-0.15, -0.1) is 0 Å². The summed E-state index contributed by atoms with van der Waals surface area (Å²) in [6.45, 7) is 7.32. The Balaban J connectivity index is 1.70. The lowest BCUT2D eigenvalue weighted by molar-refractivity contribution is -0.123. The van der Waals surface area contributed by atoms with Crippen LogP contribution in [0.2, 0.25) is 0 Å². The molecule has 1 aliphatic carbocycles. The molecule has 1 unspecified atom stereocenters. The number of carbonyl (C=O) groups is 2. The number of benzene rings is 2. The summed E-state index contributed by atoms with van der Waals surface area (Å²) in [4.78, 5) is 27.8. The zero-order chi connectivity index (χ0) is 20.8. The highest BCUT2D eigenvalue weighted by atomic mass is 16.2. The van der Waals surface area contributed by atoms with E-state index in [-0.39, 0.29) is 17.9 Å². The van der Waals surface area contributed by atoms with Crippen molar-refractivity contribution >= 4 is 17.5 Å². The highest BCUT2D eigenvalue weighted by Gasteiger charge is 2.28. The maximum Gasteiger partial charge on any atom is 0.251 e. The van der Waals surface area contributed by atoms with E-state index < -0.39 is 6.04 Å². The number of nitrogens with one attached hydrogen (secondary N) is 2. The van der Waals surface area contributed by atoms with E-state index in [2.05, 4.69) is 36.3 Å². The van der Waals surface area contributed by atoms with Crippen molar-refractivity contribution < 1.29 is 9.59 Å². The Morgan fingerprint density at radius 2 is 1.69 bits per heavy atom. The lowest BCUT2D eigenvalue weighted by Gasteiger charge is -2.27. The van der Waals surface area contributed by atoms with Crippen LogP contribution < -0.4 is 15.5 Å². The Morgan fingerprint density at radius 3 is 2.24 bits per heavy atom.